The lowest BCUT2D eigenvalue weighted by Gasteiger charge is -2.17. The standard InChI is InChI=1S/C44H87NO3/c1-5-8-11-14-17-26-33-40-48-44(47)37-30-23-19-25-32-39-45(4)38-31-24-18-22-29-36-43(46)41-42(34-27-20-15-12-9-6-2)35-28-21-16-13-10-7-3/h42H,5-41H2,1-4H3. The van der Waals surface area contributed by atoms with Gasteiger partial charge in [-0.15, -0.1) is 0 Å². The maximum Gasteiger partial charge on any atom is 0.305 e. The molecule has 4 heteroatoms. The Hall–Kier alpha value is -0.900. The van der Waals surface area contributed by atoms with E-state index >= 15 is 0 Å². The van der Waals surface area contributed by atoms with Crippen LogP contribution in [-0.4, -0.2) is 43.4 Å². The van der Waals surface area contributed by atoms with Crippen LogP contribution in [0.3, 0.4) is 0 Å². The summed E-state index contributed by atoms with van der Waals surface area (Å²) >= 11 is 0. The van der Waals surface area contributed by atoms with E-state index in [1.54, 1.807) is 0 Å². The molecule has 0 spiro atoms. The van der Waals surface area contributed by atoms with E-state index in [2.05, 4.69) is 32.7 Å². The van der Waals surface area contributed by atoms with Crippen LogP contribution in [0.15, 0.2) is 0 Å². The molecule has 0 unspecified atom stereocenters. The van der Waals surface area contributed by atoms with Gasteiger partial charge in [-0.1, -0.05) is 188 Å². The quantitative estimate of drug-likeness (QED) is 0.0478. The second-order valence-electron chi connectivity index (χ2n) is 15.4. The highest BCUT2D eigenvalue weighted by Gasteiger charge is 2.14. The highest BCUT2D eigenvalue weighted by molar-refractivity contribution is 5.78. The van der Waals surface area contributed by atoms with Crippen LogP contribution in [0.5, 0.6) is 0 Å². The molecule has 0 N–H and O–H groups in total. The number of hydrogen-bond acceptors (Lipinski definition) is 4. The third-order valence-electron chi connectivity index (χ3n) is 10.4. The van der Waals surface area contributed by atoms with Crippen molar-refractivity contribution < 1.29 is 14.3 Å². The van der Waals surface area contributed by atoms with Crippen LogP contribution in [0, 0.1) is 5.92 Å². The van der Waals surface area contributed by atoms with Crippen LogP contribution in [0.4, 0.5) is 0 Å². The van der Waals surface area contributed by atoms with E-state index in [0.717, 1.165) is 38.5 Å². The Bertz CT molecular complexity index is 650. The SMILES string of the molecule is CCCCCCCCCOC(=O)CCCCCCCN(C)CCCCCCCC(=O)CC(CCCCCCCC)CCCCCCCC. The van der Waals surface area contributed by atoms with Crippen molar-refractivity contribution in [3.8, 4) is 0 Å². The summed E-state index contributed by atoms with van der Waals surface area (Å²) in [6, 6.07) is 0. The van der Waals surface area contributed by atoms with E-state index < -0.39 is 0 Å². The first-order valence-corrected chi connectivity index (χ1v) is 21.9. The maximum atomic E-state index is 12.9. The van der Waals surface area contributed by atoms with Gasteiger partial charge in [0.15, 0.2) is 0 Å². The van der Waals surface area contributed by atoms with Crippen molar-refractivity contribution in [2.45, 2.75) is 239 Å². The molecule has 0 aliphatic heterocycles. The number of carbonyl (C=O) groups is 2. The summed E-state index contributed by atoms with van der Waals surface area (Å²) in [6.07, 6.45) is 41.8. The number of carbonyl (C=O) groups excluding carboxylic acids is 2. The lowest BCUT2D eigenvalue weighted by Crippen LogP contribution is -2.20. The van der Waals surface area contributed by atoms with Gasteiger partial charge in [0, 0.05) is 19.3 Å². The minimum Gasteiger partial charge on any atom is -0.466 e. The number of rotatable bonds is 40. The van der Waals surface area contributed by atoms with E-state index in [0.29, 0.717) is 24.7 Å². The second-order valence-corrected chi connectivity index (χ2v) is 15.4. The third-order valence-corrected chi connectivity index (χ3v) is 10.4. The Balaban J connectivity index is 3.75. The fourth-order valence-corrected chi connectivity index (χ4v) is 7.04. The van der Waals surface area contributed by atoms with Crippen molar-refractivity contribution >= 4 is 11.8 Å². The number of esters is 1. The van der Waals surface area contributed by atoms with Crippen LogP contribution in [0.25, 0.3) is 0 Å². The molecule has 0 radical (unpaired) electrons. The number of Topliss-reactive ketones (excluding diaryl/α,β-unsaturated/α-hetero) is 1. The van der Waals surface area contributed by atoms with Crippen LogP contribution in [0.2, 0.25) is 0 Å². The molecule has 0 heterocycles. The van der Waals surface area contributed by atoms with Gasteiger partial charge in [0.05, 0.1) is 6.61 Å². The largest absolute Gasteiger partial charge is 0.466 e. The molecule has 0 atom stereocenters. The normalized spacial score (nSPS) is 11.6. The maximum absolute atomic E-state index is 12.9. The van der Waals surface area contributed by atoms with E-state index in [4.69, 9.17) is 4.74 Å². The van der Waals surface area contributed by atoms with Crippen molar-refractivity contribution in [1.82, 2.24) is 4.90 Å². The molecule has 286 valence electrons. The Morgan fingerprint density at radius 2 is 0.833 bits per heavy atom. The highest BCUT2D eigenvalue weighted by Crippen LogP contribution is 2.24. The van der Waals surface area contributed by atoms with Crippen molar-refractivity contribution in [2.75, 3.05) is 26.7 Å². The van der Waals surface area contributed by atoms with Crippen LogP contribution in [0.1, 0.15) is 239 Å². The molecule has 0 bridgehead atoms. The van der Waals surface area contributed by atoms with Gasteiger partial charge in [0.1, 0.15) is 5.78 Å². The van der Waals surface area contributed by atoms with Crippen LogP contribution in [-0.2, 0) is 14.3 Å². The third kappa shape index (κ3) is 36.4. The molecular formula is C44H87NO3. The molecule has 0 aromatic rings. The fourth-order valence-electron chi connectivity index (χ4n) is 7.04. The molecule has 0 aromatic carbocycles. The Morgan fingerprint density at radius 3 is 1.31 bits per heavy atom. The zero-order valence-corrected chi connectivity index (χ0v) is 33.4. The predicted molar refractivity (Wildman–Crippen MR) is 211 cm³/mol. The van der Waals surface area contributed by atoms with Crippen molar-refractivity contribution in [2.24, 2.45) is 5.92 Å². The van der Waals surface area contributed by atoms with Crippen molar-refractivity contribution in [3.63, 3.8) is 0 Å². The molecule has 0 amide bonds. The summed E-state index contributed by atoms with van der Waals surface area (Å²) in [6.45, 7) is 9.79. The molecule has 0 saturated carbocycles. The summed E-state index contributed by atoms with van der Waals surface area (Å²) in [5.41, 5.74) is 0. The van der Waals surface area contributed by atoms with Gasteiger partial charge in [-0.05, 0) is 58.2 Å². The van der Waals surface area contributed by atoms with Gasteiger partial charge in [-0.3, -0.25) is 9.59 Å². The van der Waals surface area contributed by atoms with E-state index in [9.17, 15) is 9.59 Å². The average molecular weight is 678 g/mol. The first-order valence-electron chi connectivity index (χ1n) is 21.9. The highest BCUT2D eigenvalue weighted by atomic mass is 16.5. The lowest BCUT2D eigenvalue weighted by atomic mass is 9.89. The number of nitrogens with zero attached hydrogens (tertiary/aromatic N) is 1. The Labute approximate surface area is 302 Å². The molecule has 4 nitrogen and oxygen atoms in total. The van der Waals surface area contributed by atoms with Crippen molar-refractivity contribution in [1.29, 1.82) is 0 Å². The van der Waals surface area contributed by atoms with Crippen LogP contribution >= 0.6 is 0 Å². The van der Waals surface area contributed by atoms with Gasteiger partial charge in [0.2, 0.25) is 0 Å². The van der Waals surface area contributed by atoms with E-state index in [1.165, 1.54) is 186 Å². The molecule has 0 rings (SSSR count). The Morgan fingerprint density at radius 1 is 0.458 bits per heavy atom. The first-order chi connectivity index (χ1) is 23.5. The zero-order chi connectivity index (χ0) is 35.2. The molecule has 48 heavy (non-hydrogen) atoms. The molecule has 0 aliphatic rings. The second kappa shape index (κ2) is 38.9. The fraction of sp³-hybridized carbons (Fsp3) is 0.955. The minimum atomic E-state index is -0.00133. The first kappa shape index (κ1) is 47.1. The average Bonchev–Trinajstić information content (AvgIpc) is 3.07. The molecule has 0 saturated heterocycles. The topological polar surface area (TPSA) is 46.6 Å². The zero-order valence-electron chi connectivity index (χ0n) is 33.4. The predicted octanol–water partition coefficient (Wildman–Crippen LogP) is 14.0. The smallest absolute Gasteiger partial charge is 0.305 e. The summed E-state index contributed by atoms with van der Waals surface area (Å²) in [4.78, 5) is 27.3. The Kier molecular flexibility index (Phi) is 38.2. The van der Waals surface area contributed by atoms with Gasteiger partial charge in [-0.2, -0.15) is 0 Å². The van der Waals surface area contributed by atoms with Gasteiger partial charge in [0.25, 0.3) is 0 Å². The molecular weight excluding hydrogens is 590 g/mol. The number of hydrogen-bond donors (Lipinski definition) is 0. The minimum absolute atomic E-state index is 0.00133. The number of ketones is 1. The molecule has 0 aliphatic carbocycles. The molecule has 0 aromatic heterocycles. The van der Waals surface area contributed by atoms with Gasteiger partial charge in [-0.25, -0.2) is 0 Å². The van der Waals surface area contributed by atoms with E-state index in [1.807, 2.05) is 0 Å². The van der Waals surface area contributed by atoms with Crippen LogP contribution < -0.4 is 0 Å². The summed E-state index contributed by atoms with van der Waals surface area (Å²) < 4.78 is 5.41. The summed E-state index contributed by atoms with van der Waals surface area (Å²) in [5.74, 6) is 1.17. The number of unbranched alkanes of at least 4 members (excludes halogenated alkanes) is 24. The molecule has 0 fully saturated rings. The lowest BCUT2D eigenvalue weighted by molar-refractivity contribution is -0.143. The number of ether oxygens (including phenoxy) is 1. The summed E-state index contributed by atoms with van der Waals surface area (Å²) in [7, 11) is 2.26. The van der Waals surface area contributed by atoms with Gasteiger partial charge < -0.3 is 9.64 Å². The monoisotopic (exact) mass is 678 g/mol. The van der Waals surface area contributed by atoms with Gasteiger partial charge >= 0.3 is 5.97 Å². The van der Waals surface area contributed by atoms with E-state index in [-0.39, 0.29) is 5.97 Å². The van der Waals surface area contributed by atoms with Crippen molar-refractivity contribution in [3.05, 3.63) is 0 Å². The summed E-state index contributed by atoms with van der Waals surface area (Å²) in [5, 5.41) is 0.